The SMILES string of the molecule is O=NC(Cl)c1ccc(OCc2ccccc2)c(Cl)c1. The smallest absolute Gasteiger partial charge is 0.190 e. The van der Waals surface area contributed by atoms with Crippen LogP contribution in [0.1, 0.15) is 16.6 Å². The molecule has 0 saturated heterocycles. The van der Waals surface area contributed by atoms with Crippen LogP contribution in [0, 0.1) is 4.91 Å². The quantitative estimate of drug-likeness (QED) is 0.446. The van der Waals surface area contributed by atoms with Crippen LogP contribution >= 0.6 is 23.2 Å². The molecule has 3 nitrogen and oxygen atoms in total. The predicted molar refractivity (Wildman–Crippen MR) is 76.6 cm³/mol. The predicted octanol–water partition coefficient (Wildman–Crippen LogP) is 4.92. The number of hydrogen-bond donors (Lipinski definition) is 0. The van der Waals surface area contributed by atoms with Crippen LogP contribution in [-0.4, -0.2) is 0 Å². The maximum atomic E-state index is 10.4. The van der Waals surface area contributed by atoms with Crippen LogP contribution in [0.4, 0.5) is 0 Å². The summed E-state index contributed by atoms with van der Waals surface area (Å²) >= 11 is 11.8. The molecular formula is C14H11Cl2NO2. The van der Waals surface area contributed by atoms with Crippen molar-refractivity contribution in [1.82, 2.24) is 0 Å². The summed E-state index contributed by atoms with van der Waals surface area (Å²) in [6.07, 6.45) is 0. The van der Waals surface area contributed by atoms with Gasteiger partial charge in [0.05, 0.1) is 5.02 Å². The Kier molecular flexibility index (Phi) is 4.77. The van der Waals surface area contributed by atoms with Crippen molar-refractivity contribution in [2.45, 2.75) is 12.1 Å². The molecule has 0 saturated carbocycles. The number of nitroso groups, excluding NO2 is 1. The third-order valence-corrected chi connectivity index (χ3v) is 3.19. The van der Waals surface area contributed by atoms with Gasteiger partial charge in [0.25, 0.3) is 0 Å². The number of halogens is 2. The molecule has 1 unspecified atom stereocenters. The first-order chi connectivity index (χ1) is 9.20. The zero-order chi connectivity index (χ0) is 13.7. The molecule has 0 fully saturated rings. The molecule has 0 aliphatic rings. The fourth-order valence-electron chi connectivity index (χ4n) is 1.58. The first-order valence-corrected chi connectivity index (χ1v) is 6.45. The molecule has 2 aromatic rings. The number of benzene rings is 2. The molecule has 2 aromatic carbocycles. The summed E-state index contributed by atoms with van der Waals surface area (Å²) in [5, 5.41) is 3.14. The molecule has 5 heteroatoms. The second-order valence-corrected chi connectivity index (χ2v) is 4.73. The molecular weight excluding hydrogens is 285 g/mol. The van der Waals surface area contributed by atoms with Crippen molar-refractivity contribution in [3.05, 3.63) is 69.6 Å². The maximum Gasteiger partial charge on any atom is 0.190 e. The average molecular weight is 296 g/mol. The van der Waals surface area contributed by atoms with Gasteiger partial charge in [0.2, 0.25) is 0 Å². The van der Waals surface area contributed by atoms with Gasteiger partial charge in [-0.2, -0.15) is 0 Å². The minimum atomic E-state index is -0.930. The monoisotopic (exact) mass is 295 g/mol. The fraction of sp³-hybridized carbons (Fsp3) is 0.143. The number of rotatable bonds is 5. The first kappa shape index (κ1) is 13.8. The average Bonchev–Trinajstić information content (AvgIpc) is 2.46. The van der Waals surface area contributed by atoms with E-state index in [0.29, 0.717) is 22.9 Å². The highest BCUT2D eigenvalue weighted by atomic mass is 35.5. The zero-order valence-electron chi connectivity index (χ0n) is 9.92. The van der Waals surface area contributed by atoms with Gasteiger partial charge in [-0.15, -0.1) is 4.91 Å². The lowest BCUT2D eigenvalue weighted by Gasteiger charge is -2.09. The standard InChI is InChI=1S/C14H11Cl2NO2/c15-12-8-11(14(16)17-18)6-7-13(12)19-9-10-4-2-1-3-5-10/h1-8,14H,9H2. The number of nitrogens with zero attached hydrogens (tertiary/aromatic N) is 1. The van der Waals surface area contributed by atoms with Crippen molar-refractivity contribution in [2.24, 2.45) is 5.18 Å². The molecule has 0 radical (unpaired) electrons. The molecule has 19 heavy (non-hydrogen) atoms. The van der Waals surface area contributed by atoms with Crippen LogP contribution in [0.15, 0.2) is 53.7 Å². The largest absolute Gasteiger partial charge is 0.487 e. The van der Waals surface area contributed by atoms with E-state index in [0.717, 1.165) is 5.56 Å². The molecule has 0 N–H and O–H groups in total. The molecule has 0 aliphatic carbocycles. The molecule has 0 bridgehead atoms. The van der Waals surface area contributed by atoms with E-state index >= 15 is 0 Å². The second-order valence-electron chi connectivity index (χ2n) is 3.91. The van der Waals surface area contributed by atoms with Gasteiger partial charge >= 0.3 is 0 Å². The maximum absolute atomic E-state index is 10.4. The van der Waals surface area contributed by atoms with E-state index in [4.69, 9.17) is 27.9 Å². The third kappa shape index (κ3) is 3.69. The van der Waals surface area contributed by atoms with Crippen molar-refractivity contribution < 1.29 is 4.74 Å². The second kappa shape index (κ2) is 6.55. The third-order valence-electron chi connectivity index (χ3n) is 2.56. The number of hydrogen-bond acceptors (Lipinski definition) is 3. The Labute approximate surface area is 121 Å². The molecule has 0 aromatic heterocycles. The molecule has 0 spiro atoms. The van der Waals surface area contributed by atoms with Gasteiger partial charge in [0, 0.05) is 0 Å². The molecule has 98 valence electrons. The summed E-state index contributed by atoms with van der Waals surface area (Å²) in [7, 11) is 0. The van der Waals surface area contributed by atoms with E-state index in [-0.39, 0.29) is 0 Å². The van der Waals surface area contributed by atoms with Gasteiger partial charge < -0.3 is 4.74 Å². The summed E-state index contributed by atoms with van der Waals surface area (Å²) in [6.45, 7) is 0.427. The highest BCUT2D eigenvalue weighted by Crippen LogP contribution is 2.31. The molecule has 2 rings (SSSR count). The summed E-state index contributed by atoms with van der Waals surface area (Å²) < 4.78 is 5.61. The Bertz CT molecular complexity index is 561. The van der Waals surface area contributed by atoms with Gasteiger partial charge in [0.1, 0.15) is 12.4 Å². The molecule has 1 atom stereocenters. The summed E-state index contributed by atoms with van der Waals surface area (Å²) in [6, 6.07) is 14.7. The van der Waals surface area contributed by atoms with Gasteiger partial charge in [0.15, 0.2) is 5.50 Å². The van der Waals surface area contributed by atoms with Gasteiger partial charge in [-0.05, 0) is 28.4 Å². The van der Waals surface area contributed by atoms with Gasteiger partial charge in [-0.25, -0.2) is 0 Å². The van der Waals surface area contributed by atoms with Gasteiger partial charge in [-0.1, -0.05) is 59.6 Å². The first-order valence-electron chi connectivity index (χ1n) is 5.63. The van der Waals surface area contributed by atoms with Crippen LogP contribution < -0.4 is 4.74 Å². The Hall–Kier alpha value is -1.58. The lowest BCUT2D eigenvalue weighted by Crippen LogP contribution is -1.96. The summed E-state index contributed by atoms with van der Waals surface area (Å²) in [5.41, 5.74) is 0.668. The minimum absolute atomic E-state index is 0.405. The van der Waals surface area contributed by atoms with E-state index in [1.807, 2.05) is 30.3 Å². The Morgan fingerprint density at radius 1 is 1.16 bits per heavy atom. The lowest BCUT2D eigenvalue weighted by atomic mass is 10.2. The van der Waals surface area contributed by atoms with Crippen LogP contribution in [0.5, 0.6) is 5.75 Å². The fourth-order valence-corrected chi connectivity index (χ4v) is 1.96. The highest BCUT2D eigenvalue weighted by molar-refractivity contribution is 6.32. The topological polar surface area (TPSA) is 38.7 Å². The number of ether oxygens (including phenoxy) is 1. The van der Waals surface area contributed by atoms with E-state index in [2.05, 4.69) is 5.18 Å². The summed E-state index contributed by atoms with van der Waals surface area (Å²) in [4.78, 5) is 10.4. The van der Waals surface area contributed by atoms with E-state index in [1.165, 1.54) is 0 Å². The van der Waals surface area contributed by atoms with Crippen LogP contribution in [0.3, 0.4) is 0 Å². The minimum Gasteiger partial charge on any atom is -0.487 e. The summed E-state index contributed by atoms with van der Waals surface area (Å²) in [5.74, 6) is 0.545. The molecule has 0 heterocycles. The Morgan fingerprint density at radius 3 is 2.53 bits per heavy atom. The van der Waals surface area contributed by atoms with Crippen molar-refractivity contribution >= 4 is 23.2 Å². The van der Waals surface area contributed by atoms with E-state index in [9.17, 15) is 4.91 Å². The van der Waals surface area contributed by atoms with Gasteiger partial charge in [-0.3, -0.25) is 0 Å². The highest BCUT2D eigenvalue weighted by Gasteiger charge is 2.10. The molecule has 0 amide bonds. The Morgan fingerprint density at radius 2 is 1.89 bits per heavy atom. The van der Waals surface area contributed by atoms with Crippen LogP contribution in [0.2, 0.25) is 5.02 Å². The van der Waals surface area contributed by atoms with Crippen molar-refractivity contribution in [1.29, 1.82) is 0 Å². The zero-order valence-corrected chi connectivity index (χ0v) is 11.4. The molecule has 0 aliphatic heterocycles. The van der Waals surface area contributed by atoms with Crippen molar-refractivity contribution in [3.8, 4) is 5.75 Å². The Balaban J connectivity index is 2.07. The lowest BCUT2D eigenvalue weighted by molar-refractivity contribution is 0.306. The van der Waals surface area contributed by atoms with E-state index in [1.54, 1.807) is 18.2 Å². The van der Waals surface area contributed by atoms with Crippen LogP contribution in [-0.2, 0) is 6.61 Å². The normalized spacial score (nSPS) is 11.9. The number of alkyl halides is 1. The van der Waals surface area contributed by atoms with E-state index < -0.39 is 5.50 Å². The van der Waals surface area contributed by atoms with Crippen molar-refractivity contribution in [3.63, 3.8) is 0 Å². The van der Waals surface area contributed by atoms with Crippen molar-refractivity contribution in [2.75, 3.05) is 0 Å². The van der Waals surface area contributed by atoms with Crippen LogP contribution in [0.25, 0.3) is 0 Å².